The van der Waals surface area contributed by atoms with E-state index >= 15 is 0 Å². The maximum atomic E-state index is 12.7. The normalized spacial score (nSPS) is 19.4. The van der Waals surface area contributed by atoms with E-state index < -0.39 is 5.41 Å². The number of rotatable bonds is 4. The van der Waals surface area contributed by atoms with Crippen LogP contribution in [-0.4, -0.2) is 41.0 Å². The molecule has 2 rings (SSSR count). The molecule has 5 nitrogen and oxygen atoms in total. The average Bonchev–Trinajstić information content (AvgIpc) is 2.58. The first-order valence-electron chi connectivity index (χ1n) is 9.03. The van der Waals surface area contributed by atoms with Crippen LogP contribution in [-0.2, 0) is 11.3 Å². The summed E-state index contributed by atoms with van der Waals surface area (Å²) >= 11 is 0. The largest absolute Gasteiger partial charge is 0.393 e. The van der Waals surface area contributed by atoms with Gasteiger partial charge in [0.05, 0.1) is 6.10 Å². The molecule has 2 N–H and O–H groups in total. The second-order valence-corrected chi connectivity index (χ2v) is 8.02. The minimum absolute atomic E-state index is 0.00475. The molecule has 0 spiro atoms. The van der Waals surface area contributed by atoms with E-state index in [-0.39, 0.29) is 23.8 Å². The van der Waals surface area contributed by atoms with Crippen LogP contribution in [0.2, 0.25) is 0 Å². The average molecular weight is 346 g/mol. The molecule has 2 unspecified atom stereocenters. The van der Waals surface area contributed by atoms with E-state index in [1.165, 1.54) is 0 Å². The van der Waals surface area contributed by atoms with Gasteiger partial charge in [-0.3, -0.25) is 9.59 Å². The first-order valence-corrected chi connectivity index (χ1v) is 9.03. The second-order valence-electron chi connectivity index (χ2n) is 8.02. The highest BCUT2D eigenvalue weighted by Crippen LogP contribution is 2.21. The fraction of sp³-hybridized carbons (Fsp3) is 0.600. The molecule has 2 atom stereocenters. The van der Waals surface area contributed by atoms with Crippen molar-refractivity contribution in [1.82, 2.24) is 10.2 Å². The summed E-state index contributed by atoms with van der Waals surface area (Å²) in [5.41, 5.74) is 1.21. The Morgan fingerprint density at radius 3 is 2.48 bits per heavy atom. The predicted octanol–water partition coefficient (Wildman–Crippen LogP) is 2.58. The van der Waals surface area contributed by atoms with Gasteiger partial charge in [-0.25, -0.2) is 0 Å². The molecule has 1 aromatic rings. The predicted molar refractivity (Wildman–Crippen MR) is 98.1 cm³/mol. The van der Waals surface area contributed by atoms with Crippen LogP contribution < -0.4 is 5.32 Å². The number of likely N-dealkylation sites (tertiary alicyclic amines) is 1. The standard InChI is InChI=1S/C20H30N2O3/c1-14(23)17-6-5-11-22(13-17)18(24)16-9-7-15(8-10-16)12-21-19(25)20(2,3)4/h7-10,14,17,23H,5-6,11-13H2,1-4H3,(H,21,25). The third-order valence-electron chi connectivity index (χ3n) is 4.76. The van der Waals surface area contributed by atoms with Crippen LogP contribution >= 0.6 is 0 Å². The highest BCUT2D eigenvalue weighted by molar-refractivity contribution is 5.94. The third-order valence-corrected chi connectivity index (χ3v) is 4.76. The zero-order chi connectivity index (χ0) is 18.6. The second kappa shape index (κ2) is 8.00. The fourth-order valence-corrected chi connectivity index (χ4v) is 2.98. The van der Waals surface area contributed by atoms with E-state index in [9.17, 15) is 14.7 Å². The lowest BCUT2D eigenvalue weighted by atomic mass is 9.93. The van der Waals surface area contributed by atoms with Gasteiger partial charge in [-0.15, -0.1) is 0 Å². The van der Waals surface area contributed by atoms with Gasteiger partial charge >= 0.3 is 0 Å². The number of hydrogen-bond acceptors (Lipinski definition) is 3. The number of nitrogens with one attached hydrogen (secondary N) is 1. The molecular weight excluding hydrogens is 316 g/mol. The number of aliphatic hydroxyl groups is 1. The maximum absolute atomic E-state index is 12.7. The SMILES string of the molecule is CC(O)C1CCCN(C(=O)c2ccc(CNC(=O)C(C)(C)C)cc2)C1. The Kier molecular flexibility index (Phi) is 6.22. The summed E-state index contributed by atoms with van der Waals surface area (Å²) in [6.07, 6.45) is 1.51. The molecule has 138 valence electrons. The smallest absolute Gasteiger partial charge is 0.253 e. The molecule has 0 radical (unpaired) electrons. The van der Waals surface area contributed by atoms with Crippen molar-refractivity contribution >= 4 is 11.8 Å². The number of aliphatic hydroxyl groups excluding tert-OH is 1. The van der Waals surface area contributed by atoms with Crippen LogP contribution in [0.5, 0.6) is 0 Å². The van der Waals surface area contributed by atoms with E-state index in [1.807, 2.05) is 49.9 Å². The quantitative estimate of drug-likeness (QED) is 0.880. The molecule has 5 heteroatoms. The highest BCUT2D eigenvalue weighted by Gasteiger charge is 2.27. The molecule has 1 aliphatic heterocycles. The van der Waals surface area contributed by atoms with Gasteiger partial charge in [0.1, 0.15) is 0 Å². The number of piperidine rings is 1. The van der Waals surface area contributed by atoms with Crippen LogP contribution in [0.4, 0.5) is 0 Å². The fourth-order valence-electron chi connectivity index (χ4n) is 2.98. The lowest BCUT2D eigenvalue weighted by Crippen LogP contribution is -2.42. The van der Waals surface area contributed by atoms with Crippen LogP contribution in [0.25, 0.3) is 0 Å². The van der Waals surface area contributed by atoms with Crippen molar-refractivity contribution in [2.45, 2.75) is 53.2 Å². The summed E-state index contributed by atoms with van der Waals surface area (Å²) in [4.78, 5) is 26.4. The number of amides is 2. The summed E-state index contributed by atoms with van der Waals surface area (Å²) < 4.78 is 0. The Morgan fingerprint density at radius 2 is 1.92 bits per heavy atom. The summed E-state index contributed by atoms with van der Waals surface area (Å²) in [6.45, 7) is 9.23. The van der Waals surface area contributed by atoms with E-state index in [0.29, 0.717) is 18.7 Å². The Labute approximate surface area is 150 Å². The van der Waals surface area contributed by atoms with Crippen molar-refractivity contribution in [2.75, 3.05) is 13.1 Å². The topological polar surface area (TPSA) is 69.6 Å². The molecule has 1 saturated heterocycles. The van der Waals surface area contributed by atoms with Gasteiger partial charge in [0.15, 0.2) is 0 Å². The molecule has 0 bridgehead atoms. The summed E-state index contributed by atoms with van der Waals surface area (Å²) in [6, 6.07) is 7.39. The molecule has 1 heterocycles. The number of hydrogen-bond donors (Lipinski definition) is 2. The van der Waals surface area contributed by atoms with Gasteiger partial charge in [-0.05, 0) is 37.5 Å². The lowest BCUT2D eigenvalue weighted by molar-refractivity contribution is -0.128. The first kappa shape index (κ1) is 19.4. The Hall–Kier alpha value is -1.88. The summed E-state index contributed by atoms with van der Waals surface area (Å²) in [7, 11) is 0. The number of nitrogens with zero attached hydrogens (tertiary/aromatic N) is 1. The van der Waals surface area contributed by atoms with E-state index in [4.69, 9.17) is 0 Å². The Morgan fingerprint density at radius 1 is 1.28 bits per heavy atom. The molecule has 0 aliphatic carbocycles. The molecule has 25 heavy (non-hydrogen) atoms. The van der Waals surface area contributed by atoms with E-state index in [2.05, 4.69) is 5.32 Å². The van der Waals surface area contributed by atoms with Crippen LogP contribution in [0, 0.1) is 11.3 Å². The van der Waals surface area contributed by atoms with Crippen molar-refractivity contribution in [3.63, 3.8) is 0 Å². The lowest BCUT2D eigenvalue weighted by Gasteiger charge is -2.34. The van der Waals surface area contributed by atoms with Crippen LogP contribution in [0.1, 0.15) is 56.5 Å². The van der Waals surface area contributed by atoms with Gasteiger partial charge in [0.25, 0.3) is 5.91 Å². The van der Waals surface area contributed by atoms with Crippen molar-refractivity contribution in [3.8, 4) is 0 Å². The van der Waals surface area contributed by atoms with Crippen LogP contribution in [0.3, 0.4) is 0 Å². The first-order chi connectivity index (χ1) is 11.7. The molecule has 0 saturated carbocycles. The van der Waals surface area contributed by atoms with Crippen molar-refractivity contribution in [2.24, 2.45) is 11.3 Å². The van der Waals surface area contributed by atoms with Gasteiger partial charge in [-0.1, -0.05) is 32.9 Å². The van der Waals surface area contributed by atoms with Crippen molar-refractivity contribution in [1.29, 1.82) is 0 Å². The minimum atomic E-state index is -0.412. The van der Waals surface area contributed by atoms with Crippen molar-refractivity contribution in [3.05, 3.63) is 35.4 Å². The molecule has 1 aliphatic rings. The Bertz CT molecular complexity index is 602. The minimum Gasteiger partial charge on any atom is -0.393 e. The molecular formula is C20H30N2O3. The third kappa shape index (κ3) is 5.30. The zero-order valence-corrected chi connectivity index (χ0v) is 15.7. The van der Waals surface area contributed by atoms with E-state index in [1.54, 1.807) is 6.92 Å². The van der Waals surface area contributed by atoms with Gasteiger partial charge in [0, 0.05) is 36.5 Å². The molecule has 1 aromatic carbocycles. The van der Waals surface area contributed by atoms with Crippen molar-refractivity contribution < 1.29 is 14.7 Å². The number of benzene rings is 1. The molecule has 0 aromatic heterocycles. The monoisotopic (exact) mass is 346 g/mol. The molecule has 1 fully saturated rings. The number of carbonyl (C=O) groups is 2. The molecule has 2 amide bonds. The highest BCUT2D eigenvalue weighted by atomic mass is 16.3. The summed E-state index contributed by atoms with van der Waals surface area (Å²) in [5, 5.41) is 12.7. The van der Waals surface area contributed by atoms with Crippen LogP contribution in [0.15, 0.2) is 24.3 Å². The van der Waals surface area contributed by atoms with Gasteiger partial charge in [-0.2, -0.15) is 0 Å². The van der Waals surface area contributed by atoms with E-state index in [0.717, 1.165) is 24.9 Å². The number of carbonyl (C=O) groups excluding carboxylic acids is 2. The van der Waals surface area contributed by atoms with Gasteiger partial charge < -0.3 is 15.3 Å². The zero-order valence-electron chi connectivity index (χ0n) is 15.7. The summed E-state index contributed by atoms with van der Waals surface area (Å²) in [5.74, 6) is 0.172. The van der Waals surface area contributed by atoms with Gasteiger partial charge in [0.2, 0.25) is 5.91 Å². The maximum Gasteiger partial charge on any atom is 0.253 e. The Balaban J connectivity index is 1.95.